The molecule has 0 saturated carbocycles. The molecular weight excluding hydrogens is 857 g/mol. The monoisotopic (exact) mass is 902 g/mol. The van der Waals surface area contributed by atoms with Crippen LogP contribution in [-0.2, 0) is 6.42 Å². The van der Waals surface area contributed by atoms with Gasteiger partial charge in [-0.25, -0.2) is 15.0 Å². The summed E-state index contributed by atoms with van der Waals surface area (Å²) in [5, 5.41) is 3.59. The summed E-state index contributed by atoms with van der Waals surface area (Å²) in [6.07, 6.45) is 5.89. The summed E-state index contributed by atoms with van der Waals surface area (Å²) in [6.45, 7) is 0. The summed E-state index contributed by atoms with van der Waals surface area (Å²) in [7, 11) is 0. The molecule has 0 saturated heterocycles. The first-order valence-electron chi connectivity index (χ1n) is 24.0. The number of allylic oxidation sites excluding steroid dienone is 2. The van der Waals surface area contributed by atoms with E-state index in [2.05, 4.69) is 229 Å². The van der Waals surface area contributed by atoms with Gasteiger partial charge in [-0.3, -0.25) is 0 Å². The summed E-state index contributed by atoms with van der Waals surface area (Å²) in [6, 6.07) is 78.8. The third-order valence-corrected chi connectivity index (χ3v) is 15.1. The van der Waals surface area contributed by atoms with Crippen LogP contribution < -0.4 is 0 Å². The highest BCUT2D eigenvalue weighted by molar-refractivity contribution is 7.21. The van der Waals surface area contributed by atoms with Crippen LogP contribution in [0.25, 0.3) is 81.7 Å². The Balaban J connectivity index is 0.879. The van der Waals surface area contributed by atoms with Gasteiger partial charge in [0, 0.05) is 39.2 Å². The van der Waals surface area contributed by atoms with Crippen molar-refractivity contribution in [3.05, 3.63) is 252 Å². The van der Waals surface area contributed by atoms with Crippen LogP contribution in [0.15, 0.2) is 240 Å². The molecule has 1 unspecified atom stereocenters. The molecule has 1 aliphatic carbocycles. The van der Waals surface area contributed by atoms with Crippen LogP contribution in [0.1, 0.15) is 47.4 Å². The fraction of sp³-hybridized carbons (Fsp3) is 0.0781. The largest absolute Gasteiger partial charge is 0.309 e. The number of thiazole rings is 1. The van der Waals surface area contributed by atoms with Crippen LogP contribution in [0.4, 0.5) is 0 Å². The standard InChI is InChI=1S/C64H46N4S/c1-4-15-42(16-5-1)43-27-29-45(30-28-43)57-24-14-25-58(66-63(65-57)46-17-6-2-7-18-46)53-37-39-55-52(50-21-10-11-22-51(50)53)36-38-56-54-23-12-13-26-60(54)68(62(55)56)49-34-31-44(32-35-49)48-33-40-61-59(41-48)67-64(69-61)47-19-8-3-9-20-47/h1-13,15-23,25-36,38,40-41,53H,14,24,37,39H2. The van der Waals surface area contributed by atoms with E-state index in [1.165, 1.54) is 71.0 Å². The van der Waals surface area contributed by atoms with E-state index in [9.17, 15) is 0 Å². The van der Waals surface area contributed by atoms with Crippen LogP contribution >= 0.6 is 11.3 Å². The third kappa shape index (κ3) is 7.52. The second-order valence-electron chi connectivity index (χ2n) is 18.1. The maximum absolute atomic E-state index is 5.58. The van der Waals surface area contributed by atoms with Gasteiger partial charge in [-0.1, -0.05) is 194 Å². The van der Waals surface area contributed by atoms with E-state index in [0.717, 1.165) is 75.8 Å². The number of hydrogen-bond acceptors (Lipinski definition) is 4. The summed E-state index contributed by atoms with van der Waals surface area (Å²) < 4.78 is 3.71. The molecule has 328 valence electrons. The van der Waals surface area contributed by atoms with Crippen LogP contribution in [-0.4, -0.2) is 21.1 Å². The molecule has 69 heavy (non-hydrogen) atoms. The van der Waals surface area contributed by atoms with Gasteiger partial charge in [0.25, 0.3) is 0 Å². The van der Waals surface area contributed by atoms with E-state index in [1.54, 1.807) is 11.3 Å². The Labute approximate surface area is 406 Å². The molecule has 5 heteroatoms. The lowest BCUT2D eigenvalue weighted by molar-refractivity contribution is 0.701. The molecule has 3 heterocycles. The van der Waals surface area contributed by atoms with Crippen molar-refractivity contribution < 1.29 is 0 Å². The van der Waals surface area contributed by atoms with Gasteiger partial charge in [0.05, 0.1) is 27.0 Å². The van der Waals surface area contributed by atoms with Crippen LogP contribution in [0.5, 0.6) is 0 Å². The highest BCUT2D eigenvalue weighted by atomic mass is 32.1. The second kappa shape index (κ2) is 17.4. The summed E-state index contributed by atoms with van der Waals surface area (Å²) >= 11 is 1.74. The second-order valence-corrected chi connectivity index (χ2v) is 19.1. The number of benzene rings is 9. The number of aryl methyl sites for hydroxylation is 1. The van der Waals surface area contributed by atoms with Crippen molar-refractivity contribution in [1.82, 2.24) is 9.55 Å². The fourth-order valence-electron chi connectivity index (χ4n) is 10.7. The zero-order valence-corrected chi connectivity index (χ0v) is 38.8. The Morgan fingerprint density at radius 1 is 0.478 bits per heavy atom. The van der Waals surface area contributed by atoms with Gasteiger partial charge in [0.15, 0.2) is 5.84 Å². The predicted octanol–water partition coefficient (Wildman–Crippen LogP) is 16.7. The number of amidine groups is 1. The Hall–Kier alpha value is -8.25. The lowest BCUT2D eigenvalue weighted by Gasteiger charge is -2.21. The van der Waals surface area contributed by atoms with E-state index in [0.29, 0.717) is 0 Å². The number of rotatable bonds is 7. The molecule has 13 rings (SSSR count). The number of nitrogens with zero attached hydrogens (tertiary/aromatic N) is 4. The molecule has 0 spiro atoms. The lowest BCUT2D eigenvalue weighted by atomic mass is 9.88. The molecule has 1 aliphatic heterocycles. The van der Waals surface area contributed by atoms with E-state index < -0.39 is 0 Å². The van der Waals surface area contributed by atoms with Crippen molar-refractivity contribution in [1.29, 1.82) is 0 Å². The minimum atomic E-state index is 0.0835. The quantitative estimate of drug-likeness (QED) is 0.157. The Morgan fingerprint density at radius 2 is 1.12 bits per heavy atom. The summed E-state index contributed by atoms with van der Waals surface area (Å²) in [4.78, 5) is 16.1. The molecular formula is C64H46N4S. The third-order valence-electron chi connectivity index (χ3n) is 14.0. The van der Waals surface area contributed by atoms with E-state index in [4.69, 9.17) is 15.0 Å². The average Bonchev–Trinajstić information content (AvgIpc) is 3.95. The highest BCUT2D eigenvalue weighted by Gasteiger charge is 2.29. The van der Waals surface area contributed by atoms with E-state index >= 15 is 0 Å². The van der Waals surface area contributed by atoms with Crippen LogP contribution in [0.2, 0.25) is 0 Å². The zero-order valence-electron chi connectivity index (χ0n) is 38.0. The first kappa shape index (κ1) is 41.0. The van der Waals surface area contributed by atoms with Gasteiger partial charge in [-0.15, -0.1) is 11.3 Å². The van der Waals surface area contributed by atoms with Crippen molar-refractivity contribution in [2.75, 3.05) is 0 Å². The summed E-state index contributed by atoms with van der Waals surface area (Å²) in [5.74, 6) is 0.845. The van der Waals surface area contributed by atoms with Gasteiger partial charge in [-0.2, -0.15) is 0 Å². The SMILES string of the molecule is C1=C(C2CCc3c(ccc4c5ccccc5n(-c5ccc(-c6ccc7sc(-c8ccccc8)nc7c6)cc5)c34)-c3ccccc32)N=C(c2ccccc2)N=C(c2ccc(-c3ccccc3)cc2)CC1. The predicted molar refractivity (Wildman–Crippen MR) is 290 cm³/mol. The van der Waals surface area contributed by atoms with Gasteiger partial charge < -0.3 is 4.57 Å². The zero-order chi connectivity index (χ0) is 45.7. The number of aliphatic imine (C=N–C) groups is 2. The Kier molecular flexibility index (Phi) is 10.4. The Bertz CT molecular complexity index is 3800. The van der Waals surface area contributed by atoms with Gasteiger partial charge in [-0.05, 0) is 106 Å². The molecule has 2 aliphatic rings. The number of fused-ring (bicyclic) bond motifs is 8. The van der Waals surface area contributed by atoms with E-state index in [-0.39, 0.29) is 5.92 Å². The average molecular weight is 903 g/mol. The van der Waals surface area contributed by atoms with Crippen molar-refractivity contribution in [3.63, 3.8) is 0 Å². The molecule has 1 atom stereocenters. The molecule has 0 fully saturated rings. The van der Waals surface area contributed by atoms with Crippen molar-refractivity contribution in [2.24, 2.45) is 9.98 Å². The molecule has 0 radical (unpaired) electrons. The highest BCUT2D eigenvalue weighted by Crippen LogP contribution is 2.47. The molecule has 0 amide bonds. The number of para-hydroxylation sites is 1. The number of hydrogen-bond donors (Lipinski definition) is 0. The molecule has 4 nitrogen and oxygen atoms in total. The fourth-order valence-corrected chi connectivity index (χ4v) is 11.6. The van der Waals surface area contributed by atoms with E-state index in [1.807, 2.05) is 0 Å². The topological polar surface area (TPSA) is 42.5 Å². The smallest absolute Gasteiger partial charge is 0.159 e. The molecule has 0 N–H and O–H groups in total. The minimum Gasteiger partial charge on any atom is -0.309 e. The van der Waals surface area contributed by atoms with Crippen molar-refractivity contribution in [2.45, 2.75) is 31.6 Å². The lowest BCUT2D eigenvalue weighted by Crippen LogP contribution is -2.12. The van der Waals surface area contributed by atoms with Gasteiger partial charge in [0.1, 0.15) is 5.01 Å². The van der Waals surface area contributed by atoms with Crippen LogP contribution in [0.3, 0.4) is 0 Å². The summed E-state index contributed by atoms with van der Waals surface area (Å²) in [5.41, 5.74) is 20.2. The maximum Gasteiger partial charge on any atom is 0.159 e. The van der Waals surface area contributed by atoms with Gasteiger partial charge >= 0.3 is 0 Å². The molecule has 0 bridgehead atoms. The van der Waals surface area contributed by atoms with Crippen molar-refractivity contribution >= 4 is 54.9 Å². The maximum atomic E-state index is 5.58. The number of aromatic nitrogens is 2. The van der Waals surface area contributed by atoms with Crippen LogP contribution in [0, 0.1) is 0 Å². The Morgan fingerprint density at radius 3 is 1.91 bits per heavy atom. The first-order valence-corrected chi connectivity index (χ1v) is 24.8. The van der Waals surface area contributed by atoms with Gasteiger partial charge in [0.2, 0.25) is 0 Å². The first-order chi connectivity index (χ1) is 34.2. The molecule has 2 aromatic heterocycles. The minimum absolute atomic E-state index is 0.0835. The van der Waals surface area contributed by atoms with Crippen molar-refractivity contribution in [3.8, 4) is 49.6 Å². The normalized spacial score (nSPS) is 14.8. The molecule has 9 aromatic carbocycles. The molecule has 11 aromatic rings.